The Morgan fingerprint density at radius 2 is 1.79 bits per heavy atom. The van der Waals surface area contributed by atoms with Gasteiger partial charge in [-0.15, -0.1) is 0 Å². The summed E-state index contributed by atoms with van der Waals surface area (Å²) >= 11 is 5.73. The number of ether oxygens (including phenoxy) is 1. The van der Waals surface area contributed by atoms with Crippen molar-refractivity contribution in [2.45, 2.75) is 71.3 Å². The smallest absolute Gasteiger partial charge is 0.228 e. The number of carbonyl (C=O) groups excluding carboxylic acids is 1. The molecule has 156 valence electrons. The average Bonchev–Trinajstić information content (AvgIpc) is 2.57. The van der Waals surface area contributed by atoms with E-state index in [0.29, 0.717) is 0 Å². The summed E-state index contributed by atoms with van der Waals surface area (Å²) in [6.07, 6.45) is 0.614. The van der Waals surface area contributed by atoms with Crippen LogP contribution >= 0.6 is 12.2 Å². The zero-order chi connectivity index (χ0) is 21.3. The third-order valence-electron chi connectivity index (χ3n) is 6.37. The fourth-order valence-electron chi connectivity index (χ4n) is 3.38. The molecule has 1 N–H and O–H groups in total. The van der Waals surface area contributed by atoms with Gasteiger partial charge in [0.25, 0.3) is 0 Å². The Balaban J connectivity index is 2.02. The summed E-state index contributed by atoms with van der Waals surface area (Å²) in [6.45, 7) is 15.3. The highest BCUT2D eigenvalue weighted by molar-refractivity contribution is 7.80. The molecular weight excluding hydrogens is 386 g/mol. The second-order valence-corrected chi connectivity index (χ2v) is 14.7. The Morgan fingerprint density at radius 3 is 2.25 bits per heavy atom. The van der Waals surface area contributed by atoms with Gasteiger partial charge in [0.15, 0.2) is 8.32 Å². The minimum atomic E-state index is -1.93. The summed E-state index contributed by atoms with van der Waals surface area (Å²) in [4.78, 5) is 13.3. The number of hydrogen-bond donors (Lipinski definition) is 1. The molecule has 2 rings (SSSR count). The lowest BCUT2D eigenvalue weighted by Gasteiger charge is -2.47. The highest BCUT2D eigenvalue weighted by atomic mass is 32.1. The van der Waals surface area contributed by atoms with Crippen molar-refractivity contribution in [3.63, 3.8) is 0 Å². The molecule has 1 unspecified atom stereocenters. The van der Waals surface area contributed by atoms with Crippen molar-refractivity contribution in [3.05, 3.63) is 29.8 Å². The van der Waals surface area contributed by atoms with Crippen LogP contribution in [0.5, 0.6) is 5.75 Å². The van der Waals surface area contributed by atoms with E-state index in [2.05, 4.69) is 46.1 Å². The predicted molar refractivity (Wildman–Crippen MR) is 122 cm³/mol. The van der Waals surface area contributed by atoms with Crippen LogP contribution in [0.1, 0.15) is 40.2 Å². The molecule has 1 heterocycles. The van der Waals surface area contributed by atoms with Gasteiger partial charge in [0.05, 0.1) is 19.1 Å². The lowest BCUT2D eigenvalue weighted by atomic mass is 9.77. The van der Waals surface area contributed by atoms with E-state index < -0.39 is 8.32 Å². The second kappa shape index (κ2) is 8.64. The standard InChI is InChI=1S/C22H35NO3SSi/c1-14(18(27)13-16-9-11-17(25-6)12-10-16)20-19(21(24)23-20)15(2)26-28(7,8)22(3,4)5/h9-12,14-15,19-20H,13H2,1-8H3,(H,23,24)/t14-,15+,19?,20+/m0/s1. The third-order valence-corrected chi connectivity index (χ3v) is 11.5. The number of rotatable bonds is 8. The van der Waals surface area contributed by atoms with E-state index >= 15 is 0 Å². The summed E-state index contributed by atoms with van der Waals surface area (Å²) in [5.74, 6) is 0.893. The first-order valence-electron chi connectivity index (χ1n) is 10.0. The van der Waals surface area contributed by atoms with E-state index in [-0.39, 0.29) is 34.9 Å². The molecule has 0 aromatic heterocycles. The number of thiocarbonyl (C=S) groups is 1. The number of hydrogen-bond acceptors (Lipinski definition) is 4. The van der Waals surface area contributed by atoms with Crippen molar-refractivity contribution >= 4 is 31.3 Å². The van der Waals surface area contributed by atoms with Crippen molar-refractivity contribution < 1.29 is 14.0 Å². The van der Waals surface area contributed by atoms with Crippen LogP contribution in [0.15, 0.2) is 24.3 Å². The quantitative estimate of drug-likeness (QED) is 0.373. The van der Waals surface area contributed by atoms with Crippen molar-refractivity contribution in [1.29, 1.82) is 0 Å². The average molecular weight is 422 g/mol. The molecule has 1 fully saturated rings. The molecule has 0 saturated carbocycles. The maximum absolute atomic E-state index is 12.3. The molecule has 1 aromatic carbocycles. The maximum atomic E-state index is 12.3. The summed E-state index contributed by atoms with van der Waals surface area (Å²) in [5.41, 5.74) is 1.16. The van der Waals surface area contributed by atoms with Gasteiger partial charge in [-0.25, -0.2) is 0 Å². The van der Waals surface area contributed by atoms with Gasteiger partial charge in [-0.1, -0.05) is 52.0 Å². The van der Waals surface area contributed by atoms with Gasteiger partial charge in [-0.2, -0.15) is 0 Å². The van der Waals surface area contributed by atoms with Crippen LogP contribution in [-0.4, -0.2) is 38.3 Å². The van der Waals surface area contributed by atoms with E-state index in [9.17, 15) is 4.79 Å². The summed E-state index contributed by atoms with van der Waals surface area (Å²) in [7, 11) is -0.268. The van der Waals surface area contributed by atoms with E-state index in [0.717, 1.165) is 22.6 Å². The number of nitrogens with one attached hydrogen (secondary N) is 1. The van der Waals surface area contributed by atoms with Gasteiger partial charge in [-0.05, 0) is 42.8 Å². The van der Waals surface area contributed by atoms with Gasteiger partial charge in [-0.3, -0.25) is 4.79 Å². The lowest BCUT2D eigenvalue weighted by Crippen LogP contribution is -2.66. The first kappa shape index (κ1) is 23.0. The molecule has 4 nitrogen and oxygen atoms in total. The molecule has 0 radical (unpaired) electrons. The van der Waals surface area contributed by atoms with Crippen molar-refractivity contribution in [2.75, 3.05) is 7.11 Å². The minimum Gasteiger partial charge on any atom is -0.497 e. The Hall–Kier alpha value is -1.24. The van der Waals surface area contributed by atoms with Crippen molar-refractivity contribution in [3.8, 4) is 5.75 Å². The topological polar surface area (TPSA) is 47.6 Å². The van der Waals surface area contributed by atoms with E-state index in [1.807, 2.05) is 31.2 Å². The van der Waals surface area contributed by atoms with Gasteiger partial charge in [0.2, 0.25) is 5.91 Å². The van der Waals surface area contributed by atoms with Crippen LogP contribution in [0.2, 0.25) is 18.1 Å². The molecule has 1 aliphatic rings. The monoisotopic (exact) mass is 421 g/mol. The van der Waals surface area contributed by atoms with Crippen molar-refractivity contribution in [1.82, 2.24) is 5.32 Å². The highest BCUT2D eigenvalue weighted by Crippen LogP contribution is 2.39. The Labute approximate surface area is 176 Å². The molecule has 6 heteroatoms. The summed E-state index contributed by atoms with van der Waals surface area (Å²) in [5, 5.41) is 3.19. The fourth-order valence-corrected chi connectivity index (χ4v) is 5.12. The first-order chi connectivity index (χ1) is 12.9. The largest absolute Gasteiger partial charge is 0.497 e. The second-order valence-electron chi connectivity index (χ2n) is 9.42. The SMILES string of the molecule is COc1ccc(CC(=S)[C@H](C)[C@H]2NC(=O)C2[C@@H](C)O[Si](C)(C)C(C)(C)C)cc1. The minimum absolute atomic E-state index is 0.0398. The lowest BCUT2D eigenvalue weighted by molar-refractivity contribution is -0.140. The number of amides is 1. The predicted octanol–water partition coefficient (Wildman–Crippen LogP) is 4.77. The molecule has 4 atom stereocenters. The molecule has 1 aromatic rings. The van der Waals surface area contributed by atoms with Gasteiger partial charge >= 0.3 is 0 Å². The number of β-lactam (4-membered cyclic amide) rings is 1. The van der Waals surface area contributed by atoms with Crippen LogP contribution in [0, 0.1) is 11.8 Å². The van der Waals surface area contributed by atoms with E-state index in [4.69, 9.17) is 21.4 Å². The van der Waals surface area contributed by atoms with Crippen LogP contribution < -0.4 is 10.1 Å². The van der Waals surface area contributed by atoms with Crippen molar-refractivity contribution in [2.24, 2.45) is 11.8 Å². The number of benzene rings is 1. The molecular formula is C22H35NO3SSi. The van der Waals surface area contributed by atoms with Gasteiger partial charge < -0.3 is 14.5 Å². The molecule has 0 aliphatic carbocycles. The highest BCUT2D eigenvalue weighted by Gasteiger charge is 2.49. The van der Waals surface area contributed by atoms with Gasteiger partial charge in [0.1, 0.15) is 5.75 Å². The Kier molecular flexibility index (Phi) is 7.11. The number of carbonyl (C=O) groups is 1. The number of methoxy groups -OCH3 is 1. The Bertz CT molecular complexity index is 711. The molecule has 1 aliphatic heterocycles. The van der Waals surface area contributed by atoms with E-state index in [1.165, 1.54) is 0 Å². The zero-order valence-electron chi connectivity index (χ0n) is 18.5. The Morgan fingerprint density at radius 1 is 1.21 bits per heavy atom. The molecule has 1 amide bonds. The summed E-state index contributed by atoms with van der Waals surface area (Å²) < 4.78 is 11.7. The van der Waals surface area contributed by atoms with Gasteiger partial charge in [0, 0.05) is 23.2 Å². The third kappa shape index (κ3) is 5.02. The van der Waals surface area contributed by atoms with Crippen LogP contribution in [-0.2, 0) is 15.6 Å². The molecule has 0 spiro atoms. The molecule has 0 bridgehead atoms. The van der Waals surface area contributed by atoms with Crippen LogP contribution in [0.4, 0.5) is 0 Å². The molecule has 1 saturated heterocycles. The van der Waals surface area contributed by atoms with Crippen LogP contribution in [0.3, 0.4) is 0 Å². The summed E-state index contributed by atoms with van der Waals surface area (Å²) in [6, 6.07) is 8.02. The zero-order valence-corrected chi connectivity index (χ0v) is 20.3. The normalized spacial score (nSPS) is 22.1. The molecule has 28 heavy (non-hydrogen) atoms. The first-order valence-corrected chi connectivity index (χ1v) is 13.3. The van der Waals surface area contributed by atoms with Crippen LogP contribution in [0.25, 0.3) is 0 Å². The van der Waals surface area contributed by atoms with E-state index in [1.54, 1.807) is 7.11 Å². The maximum Gasteiger partial charge on any atom is 0.228 e. The fraction of sp³-hybridized carbons (Fsp3) is 0.636.